The molecule has 8 rings (SSSR count). The van der Waals surface area contributed by atoms with Crippen LogP contribution in [0.25, 0.3) is 43.1 Å². The Morgan fingerprint density at radius 2 is 0.974 bits per heavy atom. The smallest absolute Gasteiger partial charge is 0.118 e. The van der Waals surface area contributed by atoms with E-state index in [4.69, 9.17) is 4.74 Å². The van der Waals surface area contributed by atoms with E-state index >= 15 is 0 Å². The molecule has 2 heteroatoms. The number of nitrogens with one attached hydrogen (secondary N) is 1. The van der Waals surface area contributed by atoms with Gasteiger partial charge in [0.15, 0.2) is 0 Å². The van der Waals surface area contributed by atoms with Gasteiger partial charge in [0.1, 0.15) is 5.75 Å². The third kappa shape index (κ3) is 3.13. The molecule has 1 aliphatic rings. The van der Waals surface area contributed by atoms with Crippen molar-refractivity contribution in [2.75, 3.05) is 12.4 Å². The topological polar surface area (TPSA) is 21.3 Å². The van der Waals surface area contributed by atoms with Gasteiger partial charge in [0, 0.05) is 17.3 Å². The van der Waals surface area contributed by atoms with E-state index < -0.39 is 0 Å². The molecule has 0 amide bonds. The Hall–Kier alpha value is -4.82. The third-order valence-corrected chi connectivity index (χ3v) is 8.15. The summed E-state index contributed by atoms with van der Waals surface area (Å²) in [6.45, 7) is 0. The number of methoxy groups -OCH3 is 1. The molecule has 0 saturated heterocycles. The van der Waals surface area contributed by atoms with Crippen molar-refractivity contribution in [2.24, 2.45) is 0 Å². The van der Waals surface area contributed by atoms with E-state index in [2.05, 4.69) is 127 Å². The molecule has 0 fully saturated rings. The van der Waals surface area contributed by atoms with E-state index in [1.807, 2.05) is 0 Å². The fraction of sp³-hybridized carbons (Fsp3) is 0.0556. The van der Waals surface area contributed by atoms with Gasteiger partial charge in [0.2, 0.25) is 0 Å². The molecule has 0 bridgehead atoms. The lowest BCUT2D eigenvalue weighted by molar-refractivity contribution is 0.414. The van der Waals surface area contributed by atoms with Crippen LogP contribution < -0.4 is 10.1 Å². The Kier molecular flexibility index (Phi) is 4.53. The van der Waals surface area contributed by atoms with Crippen LogP contribution in [0.5, 0.6) is 5.75 Å². The molecule has 1 heterocycles. The van der Waals surface area contributed by atoms with Crippen LogP contribution in [0.15, 0.2) is 121 Å². The summed E-state index contributed by atoms with van der Waals surface area (Å²) in [5, 5.41) is 14.0. The van der Waals surface area contributed by atoms with Gasteiger partial charge in [-0.2, -0.15) is 0 Å². The Morgan fingerprint density at radius 3 is 1.45 bits per heavy atom. The lowest BCUT2D eigenvalue weighted by Crippen LogP contribution is -2.15. The van der Waals surface area contributed by atoms with Gasteiger partial charge in [-0.25, -0.2) is 0 Å². The maximum Gasteiger partial charge on any atom is 0.118 e. The maximum atomic E-state index is 5.52. The van der Waals surface area contributed by atoms with E-state index in [1.165, 1.54) is 71.2 Å². The standard InChI is InChI=1S/C36H25NO/c1-38-29-14-10-22(11-15-29)34-35-30-20-25-8-4-2-6-23(25)18-27(30)12-16-32(35)37-33-17-13-28-19-24-7-3-5-9-26(24)21-31(28)36(33)34/h2-21,34,37H,1H3. The number of rotatable bonds is 2. The summed E-state index contributed by atoms with van der Waals surface area (Å²) in [6.07, 6.45) is 0. The Balaban J connectivity index is 1.49. The number of fused-ring (bicyclic) bond motifs is 8. The fourth-order valence-electron chi connectivity index (χ4n) is 6.33. The molecule has 0 aliphatic carbocycles. The molecular weight excluding hydrogens is 462 g/mol. The lowest BCUT2D eigenvalue weighted by atomic mass is 9.76. The summed E-state index contributed by atoms with van der Waals surface area (Å²) in [6, 6.07) is 44.3. The maximum absolute atomic E-state index is 5.52. The number of hydrogen-bond donors (Lipinski definition) is 1. The van der Waals surface area contributed by atoms with Crippen molar-refractivity contribution < 1.29 is 4.74 Å². The molecular formula is C36H25NO. The highest BCUT2D eigenvalue weighted by molar-refractivity contribution is 6.07. The zero-order valence-electron chi connectivity index (χ0n) is 21.0. The van der Waals surface area contributed by atoms with Crippen LogP contribution in [0, 0.1) is 0 Å². The van der Waals surface area contributed by atoms with Gasteiger partial charge < -0.3 is 10.1 Å². The second-order valence-electron chi connectivity index (χ2n) is 10.2. The van der Waals surface area contributed by atoms with Gasteiger partial charge in [-0.15, -0.1) is 0 Å². The highest BCUT2D eigenvalue weighted by Crippen LogP contribution is 2.51. The molecule has 0 atom stereocenters. The van der Waals surface area contributed by atoms with Gasteiger partial charge in [-0.05, 0) is 108 Å². The summed E-state index contributed by atoms with van der Waals surface area (Å²) in [7, 11) is 1.72. The molecule has 1 aliphatic heterocycles. The Labute approximate surface area is 221 Å². The first-order chi connectivity index (χ1) is 18.8. The minimum atomic E-state index is 0.0712. The first kappa shape index (κ1) is 21.3. The molecule has 7 aromatic rings. The zero-order valence-corrected chi connectivity index (χ0v) is 21.0. The molecule has 180 valence electrons. The fourth-order valence-corrected chi connectivity index (χ4v) is 6.33. The SMILES string of the molecule is COc1ccc(C2c3c(ccc4cc5ccccc5cc34)Nc3ccc4cc5ccccc5cc4c32)cc1. The quantitative estimate of drug-likeness (QED) is 0.245. The summed E-state index contributed by atoms with van der Waals surface area (Å²) < 4.78 is 5.52. The first-order valence-corrected chi connectivity index (χ1v) is 13.1. The Bertz CT molecular complexity index is 1910. The number of benzene rings is 7. The summed E-state index contributed by atoms with van der Waals surface area (Å²) in [4.78, 5) is 0. The Morgan fingerprint density at radius 1 is 0.500 bits per heavy atom. The van der Waals surface area contributed by atoms with Crippen molar-refractivity contribution in [1.82, 2.24) is 0 Å². The average molecular weight is 488 g/mol. The van der Waals surface area contributed by atoms with Crippen molar-refractivity contribution >= 4 is 54.5 Å². The van der Waals surface area contributed by atoms with Gasteiger partial charge >= 0.3 is 0 Å². The number of hydrogen-bond acceptors (Lipinski definition) is 2. The molecule has 38 heavy (non-hydrogen) atoms. The van der Waals surface area contributed by atoms with Crippen LogP contribution >= 0.6 is 0 Å². The second-order valence-corrected chi connectivity index (χ2v) is 10.2. The molecule has 0 saturated carbocycles. The molecule has 0 unspecified atom stereocenters. The lowest BCUT2D eigenvalue weighted by Gasteiger charge is -2.32. The van der Waals surface area contributed by atoms with E-state index in [9.17, 15) is 0 Å². The van der Waals surface area contributed by atoms with Gasteiger partial charge in [0.25, 0.3) is 0 Å². The van der Waals surface area contributed by atoms with Crippen molar-refractivity contribution in [3.63, 3.8) is 0 Å². The summed E-state index contributed by atoms with van der Waals surface area (Å²) in [5.74, 6) is 0.942. The highest BCUT2D eigenvalue weighted by Gasteiger charge is 2.30. The molecule has 0 spiro atoms. The second kappa shape index (κ2) is 8.09. The monoisotopic (exact) mass is 487 g/mol. The number of anilines is 2. The highest BCUT2D eigenvalue weighted by atomic mass is 16.5. The predicted molar refractivity (Wildman–Crippen MR) is 160 cm³/mol. The van der Waals surface area contributed by atoms with Crippen LogP contribution in [0.3, 0.4) is 0 Å². The van der Waals surface area contributed by atoms with Gasteiger partial charge in [-0.3, -0.25) is 0 Å². The molecule has 1 N–H and O–H groups in total. The van der Waals surface area contributed by atoms with Crippen LogP contribution in [-0.4, -0.2) is 7.11 Å². The van der Waals surface area contributed by atoms with Crippen molar-refractivity contribution in [3.8, 4) is 5.75 Å². The first-order valence-electron chi connectivity index (χ1n) is 13.1. The summed E-state index contributed by atoms with van der Waals surface area (Å²) >= 11 is 0. The van der Waals surface area contributed by atoms with E-state index in [1.54, 1.807) is 7.11 Å². The van der Waals surface area contributed by atoms with Crippen molar-refractivity contribution in [3.05, 3.63) is 138 Å². The molecule has 0 aromatic heterocycles. The molecule has 2 nitrogen and oxygen atoms in total. The van der Waals surface area contributed by atoms with E-state index in [0.29, 0.717) is 0 Å². The van der Waals surface area contributed by atoms with E-state index in [-0.39, 0.29) is 5.92 Å². The average Bonchev–Trinajstić information content (AvgIpc) is 2.98. The third-order valence-electron chi connectivity index (χ3n) is 8.15. The summed E-state index contributed by atoms with van der Waals surface area (Å²) in [5.41, 5.74) is 6.25. The van der Waals surface area contributed by atoms with Crippen molar-refractivity contribution in [1.29, 1.82) is 0 Å². The van der Waals surface area contributed by atoms with Crippen molar-refractivity contribution in [2.45, 2.75) is 5.92 Å². The molecule has 7 aromatic carbocycles. The van der Waals surface area contributed by atoms with Gasteiger partial charge in [-0.1, -0.05) is 72.8 Å². The number of ether oxygens (including phenoxy) is 1. The van der Waals surface area contributed by atoms with Crippen LogP contribution in [-0.2, 0) is 0 Å². The van der Waals surface area contributed by atoms with Crippen LogP contribution in [0.4, 0.5) is 11.4 Å². The normalized spacial score (nSPS) is 13.0. The van der Waals surface area contributed by atoms with Gasteiger partial charge in [0.05, 0.1) is 7.11 Å². The van der Waals surface area contributed by atoms with Crippen LogP contribution in [0.1, 0.15) is 22.6 Å². The minimum absolute atomic E-state index is 0.0712. The largest absolute Gasteiger partial charge is 0.497 e. The van der Waals surface area contributed by atoms with E-state index in [0.717, 1.165) is 5.75 Å². The zero-order chi connectivity index (χ0) is 25.2. The molecule has 0 radical (unpaired) electrons. The predicted octanol–water partition coefficient (Wildman–Crippen LogP) is 9.55. The minimum Gasteiger partial charge on any atom is -0.497 e. The van der Waals surface area contributed by atoms with Crippen LogP contribution in [0.2, 0.25) is 0 Å².